The van der Waals surface area contributed by atoms with Crippen molar-refractivity contribution >= 4 is 29.9 Å². The Labute approximate surface area is 140 Å². The Kier molecular flexibility index (Phi) is 10.3. The number of hydrogen-bond acceptors (Lipinski definition) is 3. The summed E-state index contributed by atoms with van der Waals surface area (Å²) in [6.45, 7) is 3.75. The molecule has 1 heterocycles. The van der Waals surface area contributed by atoms with Crippen molar-refractivity contribution in [3.63, 3.8) is 0 Å². The average Bonchev–Trinajstić information content (AvgIpc) is 2.78. The van der Waals surface area contributed by atoms with Gasteiger partial charge in [-0.05, 0) is 13.3 Å². The molecule has 0 aliphatic carbocycles. The summed E-state index contributed by atoms with van der Waals surface area (Å²) in [5.41, 5.74) is 0. The number of ether oxygens (including phenoxy) is 1. The second-order valence-corrected chi connectivity index (χ2v) is 4.68. The number of halogens is 4. The molecule has 21 heavy (non-hydrogen) atoms. The molecule has 0 aromatic rings. The Morgan fingerprint density at radius 3 is 2.71 bits per heavy atom. The number of rotatable bonds is 6. The third-order valence-corrected chi connectivity index (χ3v) is 2.98. The van der Waals surface area contributed by atoms with Crippen molar-refractivity contribution in [1.82, 2.24) is 15.5 Å². The van der Waals surface area contributed by atoms with E-state index in [1.54, 1.807) is 7.05 Å². The van der Waals surface area contributed by atoms with Crippen LogP contribution in [-0.4, -0.2) is 69.5 Å². The highest BCUT2D eigenvalue weighted by atomic mass is 127. The van der Waals surface area contributed by atoms with Crippen molar-refractivity contribution in [2.75, 3.05) is 46.4 Å². The van der Waals surface area contributed by atoms with Gasteiger partial charge in [-0.1, -0.05) is 0 Å². The maximum Gasteiger partial charge on any atom is 0.401 e. The van der Waals surface area contributed by atoms with Gasteiger partial charge in [-0.25, -0.2) is 0 Å². The molecule has 9 heteroatoms. The number of likely N-dealkylation sites (tertiary alicyclic amines) is 1. The molecule has 2 N–H and O–H groups in total. The Bertz CT molecular complexity index is 315. The van der Waals surface area contributed by atoms with Crippen LogP contribution >= 0.6 is 24.0 Å². The van der Waals surface area contributed by atoms with Gasteiger partial charge >= 0.3 is 6.18 Å². The molecule has 1 atom stereocenters. The molecule has 1 unspecified atom stereocenters. The van der Waals surface area contributed by atoms with Crippen molar-refractivity contribution in [1.29, 1.82) is 0 Å². The van der Waals surface area contributed by atoms with E-state index in [2.05, 4.69) is 15.6 Å². The number of nitrogens with one attached hydrogen (secondary N) is 2. The first-order valence-corrected chi connectivity index (χ1v) is 6.78. The van der Waals surface area contributed by atoms with Crippen LogP contribution in [0.4, 0.5) is 13.2 Å². The van der Waals surface area contributed by atoms with Crippen molar-refractivity contribution < 1.29 is 17.9 Å². The van der Waals surface area contributed by atoms with Gasteiger partial charge in [0, 0.05) is 39.3 Å². The van der Waals surface area contributed by atoms with Crippen LogP contribution in [0.2, 0.25) is 0 Å². The zero-order valence-corrected chi connectivity index (χ0v) is 14.7. The lowest BCUT2D eigenvalue weighted by Gasteiger charge is -2.19. The predicted octanol–water partition coefficient (Wildman–Crippen LogP) is 1.44. The normalized spacial score (nSPS) is 20.2. The molecular weight excluding hydrogens is 400 g/mol. The second-order valence-electron chi connectivity index (χ2n) is 4.68. The minimum absolute atomic E-state index is 0. The van der Waals surface area contributed by atoms with Gasteiger partial charge < -0.3 is 15.4 Å². The highest BCUT2D eigenvalue weighted by Gasteiger charge is 2.34. The topological polar surface area (TPSA) is 48.9 Å². The molecule has 0 aromatic heterocycles. The molecule has 5 nitrogen and oxygen atoms in total. The van der Waals surface area contributed by atoms with Gasteiger partial charge in [-0.2, -0.15) is 13.2 Å². The van der Waals surface area contributed by atoms with E-state index in [1.807, 2.05) is 6.92 Å². The summed E-state index contributed by atoms with van der Waals surface area (Å²) in [7, 11) is 1.64. The lowest BCUT2D eigenvalue weighted by atomic mass is 10.3. The number of hydrogen-bond donors (Lipinski definition) is 2. The molecule has 1 aliphatic heterocycles. The largest absolute Gasteiger partial charge is 0.401 e. The van der Waals surface area contributed by atoms with E-state index in [0.29, 0.717) is 45.2 Å². The zero-order chi connectivity index (χ0) is 15.0. The smallest absolute Gasteiger partial charge is 0.380 e. The second kappa shape index (κ2) is 10.4. The highest BCUT2D eigenvalue weighted by Crippen LogP contribution is 2.19. The van der Waals surface area contributed by atoms with Crippen LogP contribution in [0.1, 0.15) is 13.3 Å². The van der Waals surface area contributed by atoms with Crippen molar-refractivity contribution in [3.8, 4) is 0 Å². The van der Waals surface area contributed by atoms with Crippen LogP contribution in [0.5, 0.6) is 0 Å². The number of aliphatic imine (C=N–C) groups is 1. The van der Waals surface area contributed by atoms with Crippen molar-refractivity contribution in [2.24, 2.45) is 4.99 Å². The summed E-state index contributed by atoms with van der Waals surface area (Å²) < 4.78 is 42.1. The molecule has 1 rings (SSSR count). The van der Waals surface area contributed by atoms with Crippen molar-refractivity contribution in [2.45, 2.75) is 25.6 Å². The van der Waals surface area contributed by atoms with E-state index >= 15 is 0 Å². The Morgan fingerprint density at radius 2 is 2.14 bits per heavy atom. The molecule has 0 radical (unpaired) electrons. The summed E-state index contributed by atoms with van der Waals surface area (Å²) in [5, 5.41) is 6.20. The monoisotopic (exact) mass is 424 g/mol. The van der Waals surface area contributed by atoms with Crippen LogP contribution in [0.15, 0.2) is 4.99 Å². The minimum atomic E-state index is -4.13. The van der Waals surface area contributed by atoms with Gasteiger partial charge in [-0.3, -0.25) is 9.89 Å². The first-order chi connectivity index (χ1) is 9.44. The van der Waals surface area contributed by atoms with Gasteiger partial charge in [0.1, 0.15) is 0 Å². The van der Waals surface area contributed by atoms with Gasteiger partial charge in [0.25, 0.3) is 0 Å². The van der Waals surface area contributed by atoms with E-state index in [1.165, 1.54) is 4.90 Å². The third kappa shape index (κ3) is 9.35. The van der Waals surface area contributed by atoms with Crippen molar-refractivity contribution in [3.05, 3.63) is 0 Å². The number of nitrogens with zero attached hydrogens (tertiary/aromatic N) is 2. The lowest BCUT2D eigenvalue weighted by molar-refractivity contribution is -0.143. The average molecular weight is 424 g/mol. The molecule has 126 valence electrons. The molecule has 0 spiro atoms. The molecule has 0 aromatic carbocycles. The molecule has 0 amide bonds. The van der Waals surface area contributed by atoms with E-state index in [9.17, 15) is 13.2 Å². The fourth-order valence-corrected chi connectivity index (χ4v) is 2.12. The molecule has 1 aliphatic rings. The quantitative estimate of drug-likeness (QED) is 0.293. The van der Waals surface area contributed by atoms with Gasteiger partial charge in [0.2, 0.25) is 0 Å². The third-order valence-electron chi connectivity index (χ3n) is 2.98. The summed E-state index contributed by atoms with van der Waals surface area (Å²) in [6, 6.07) is -0.00403. The molecular formula is C12H24F3IN4O. The number of guanidine groups is 1. The van der Waals surface area contributed by atoms with Crippen LogP contribution in [0.3, 0.4) is 0 Å². The maximum absolute atomic E-state index is 12.3. The van der Waals surface area contributed by atoms with Gasteiger partial charge in [-0.15, -0.1) is 24.0 Å². The summed E-state index contributed by atoms with van der Waals surface area (Å²) in [5.74, 6) is 0.601. The van der Waals surface area contributed by atoms with E-state index in [4.69, 9.17) is 4.74 Å². The molecule has 1 fully saturated rings. The summed E-state index contributed by atoms with van der Waals surface area (Å²) >= 11 is 0. The maximum atomic E-state index is 12.3. The Hall–Kier alpha value is -0.290. The van der Waals surface area contributed by atoms with Gasteiger partial charge in [0.15, 0.2) is 5.96 Å². The zero-order valence-electron chi connectivity index (χ0n) is 12.4. The Balaban J connectivity index is 0.00000400. The lowest BCUT2D eigenvalue weighted by Crippen LogP contribution is -2.46. The van der Waals surface area contributed by atoms with Crippen LogP contribution in [0.25, 0.3) is 0 Å². The van der Waals surface area contributed by atoms with Crippen LogP contribution < -0.4 is 10.6 Å². The van der Waals surface area contributed by atoms with Crippen LogP contribution in [0, 0.1) is 0 Å². The van der Waals surface area contributed by atoms with E-state index in [-0.39, 0.29) is 30.0 Å². The fraction of sp³-hybridized carbons (Fsp3) is 0.917. The first-order valence-electron chi connectivity index (χ1n) is 6.78. The predicted molar refractivity (Wildman–Crippen MR) is 87.3 cm³/mol. The fourth-order valence-electron chi connectivity index (χ4n) is 2.12. The highest BCUT2D eigenvalue weighted by molar-refractivity contribution is 14.0. The SMILES string of the molecule is CCOCCNC(=NC)NC1CCN(CC(F)(F)F)C1.I. The van der Waals surface area contributed by atoms with Crippen LogP contribution in [-0.2, 0) is 4.74 Å². The van der Waals surface area contributed by atoms with E-state index < -0.39 is 12.7 Å². The number of alkyl halides is 3. The summed E-state index contributed by atoms with van der Waals surface area (Å²) in [4.78, 5) is 5.45. The summed E-state index contributed by atoms with van der Waals surface area (Å²) in [6.07, 6.45) is -3.45. The molecule has 0 bridgehead atoms. The Morgan fingerprint density at radius 1 is 1.43 bits per heavy atom. The standard InChI is InChI=1S/C12H23F3N4O.HI/c1-3-20-7-5-17-11(16-2)18-10-4-6-19(8-10)9-12(13,14)15;/h10H,3-9H2,1-2H3,(H2,16,17,18);1H. The minimum Gasteiger partial charge on any atom is -0.380 e. The first kappa shape index (κ1) is 20.7. The molecule has 0 saturated carbocycles. The van der Waals surface area contributed by atoms with E-state index in [0.717, 1.165) is 0 Å². The molecule has 1 saturated heterocycles. The van der Waals surface area contributed by atoms with Gasteiger partial charge in [0.05, 0.1) is 13.2 Å².